The fourth-order valence-corrected chi connectivity index (χ4v) is 2.09. The summed E-state index contributed by atoms with van der Waals surface area (Å²) in [5.41, 5.74) is 2.58. The van der Waals surface area contributed by atoms with E-state index in [-0.39, 0.29) is 5.69 Å². The molecule has 23 heavy (non-hydrogen) atoms. The van der Waals surface area contributed by atoms with Crippen LogP contribution < -0.4 is 4.90 Å². The van der Waals surface area contributed by atoms with E-state index in [4.69, 9.17) is 4.52 Å². The monoisotopic (exact) mass is 310 g/mol. The Morgan fingerprint density at radius 2 is 1.61 bits per heavy atom. The number of rotatable bonds is 4. The van der Waals surface area contributed by atoms with Crippen LogP contribution in [0.3, 0.4) is 0 Å². The van der Waals surface area contributed by atoms with Crippen LogP contribution in [0.4, 0.5) is 11.4 Å². The highest BCUT2D eigenvalue weighted by Crippen LogP contribution is 2.25. The average Bonchev–Trinajstić information content (AvgIpc) is 3.05. The van der Waals surface area contributed by atoms with Gasteiger partial charge in [0.25, 0.3) is 11.6 Å². The largest absolute Gasteiger partial charge is 0.378 e. The summed E-state index contributed by atoms with van der Waals surface area (Å²) < 4.78 is 5.24. The number of nitro benzene ring substituents is 1. The zero-order valence-electron chi connectivity index (χ0n) is 12.6. The number of hydrogen-bond donors (Lipinski definition) is 0. The molecule has 0 aliphatic heterocycles. The first-order chi connectivity index (χ1) is 11.0. The predicted octanol–water partition coefficient (Wildman–Crippen LogP) is 3.38. The summed E-state index contributed by atoms with van der Waals surface area (Å²) in [5, 5.41) is 14.6. The van der Waals surface area contributed by atoms with Gasteiger partial charge < -0.3 is 9.42 Å². The predicted molar refractivity (Wildman–Crippen MR) is 86.2 cm³/mol. The van der Waals surface area contributed by atoms with Crippen LogP contribution in [-0.4, -0.2) is 29.2 Å². The van der Waals surface area contributed by atoms with Gasteiger partial charge >= 0.3 is 0 Å². The zero-order chi connectivity index (χ0) is 16.4. The molecular weight excluding hydrogens is 296 g/mol. The van der Waals surface area contributed by atoms with Crippen molar-refractivity contribution in [1.29, 1.82) is 0 Å². The third-order valence-corrected chi connectivity index (χ3v) is 3.39. The Morgan fingerprint density at radius 1 is 1.00 bits per heavy atom. The van der Waals surface area contributed by atoms with Crippen molar-refractivity contribution in [2.24, 2.45) is 0 Å². The van der Waals surface area contributed by atoms with Crippen LogP contribution >= 0.6 is 0 Å². The molecule has 0 bridgehead atoms. The lowest BCUT2D eigenvalue weighted by molar-refractivity contribution is -0.384. The molecule has 0 fully saturated rings. The van der Waals surface area contributed by atoms with Crippen molar-refractivity contribution < 1.29 is 9.45 Å². The van der Waals surface area contributed by atoms with Gasteiger partial charge in [-0.05, 0) is 36.4 Å². The number of non-ortho nitro benzene ring substituents is 1. The highest BCUT2D eigenvalue weighted by atomic mass is 16.6. The van der Waals surface area contributed by atoms with E-state index < -0.39 is 4.92 Å². The second kappa shape index (κ2) is 5.88. The Hall–Kier alpha value is -3.22. The smallest absolute Gasteiger partial charge is 0.269 e. The van der Waals surface area contributed by atoms with Crippen LogP contribution in [0.1, 0.15) is 0 Å². The molecule has 1 aromatic heterocycles. The molecule has 0 radical (unpaired) electrons. The Morgan fingerprint density at radius 3 is 2.17 bits per heavy atom. The van der Waals surface area contributed by atoms with Gasteiger partial charge in [0.1, 0.15) is 0 Å². The Kier molecular flexibility index (Phi) is 3.76. The second-order valence-electron chi connectivity index (χ2n) is 5.17. The van der Waals surface area contributed by atoms with E-state index in [1.807, 2.05) is 43.3 Å². The summed E-state index contributed by atoms with van der Waals surface area (Å²) in [5.74, 6) is 0.801. The van der Waals surface area contributed by atoms with E-state index in [0.29, 0.717) is 17.3 Å². The summed E-state index contributed by atoms with van der Waals surface area (Å²) >= 11 is 0. The molecule has 0 saturated heterocycles. The van der Waals surface area contributed by atoms with Crippen molar-refractivity contribution >= 4 is 11.4 Å². The van der Waals surface area contributed by atoms with Gasteiger partial charge in [-0.2, -0.15) is 4.98 Å². The van der Waals surface area contributed by atoms with E-state index in [1.54, 1.807) is 12.1 Å². The van der Waals surface area contributed by atoms with Crippen molar-refractivity contribution in [3.8, 4) is 22.8 Å². The second-order valence-corrected chi connectivity index (χ2v) is 5.17. The first kappa shape index (κ1) is 14.7. The molecule has 3 rings (SSSR count). The Labute approximate surface area is 132 Å². The van der Waals surface area contributed by atoms with Crippen molar-refractivity contribution in [2.45, 2.75) is 0 Å². The Balaban J connectivity index is 1.86. The van der Waals surface area contributed by atoms with E-state index >= 15 is 0 Å². The molecule has 7 nitrogen and oxygen atoms in total. The molecule has 1 heterocycles. The molecule has 0 atom stereocenters. The van der Waals surface area contributed by atoms with Crippen LogP contribution in [0.2, 0.25) is 0 Å². The van der Waals surface area contributed by atoms with E-state index in [1.165, 1.54) is 12.1 Å². The highest BCUT2D eigenvalue weighted by molar-refractivity contribution is 5.63. The summed E-state index contributed by atoms with van der Waals surface area (Å²) in [6.45, 7) is 0. The van der Waals surface area contributed by atoms with Gasteiger partial charge in [-0.15, -0.1) is 0 Å². The van der Waals surface area contributed by atoms with Crippen LogP contribution in [-0.2, 0) is 0 Å². The quantitative estimate of drug-likeness (QED) is 0.542. The molecule has 0 amide bonds. The molecule has 2 aromatic carbocycles. The fourth-order valence-electron chi connectivity index (χ4n) is 2.09. The summed E-state index contributed by atoms with van der Waals surface area (Å²) in [6, 6.07) is 13.8. The third-order valence-electron chi connectivity index (χ3n) is 3.39. The SMILES string of the molecule is CN(C)c1ccc(-c2noc(-c3ccc([N+](=O)[O-])cc3)n2)cc1. The van der Waals surface area contributed by atoms with Crippen molar-refractivity contribution in [3.63, 3.8) is 0 Å². The highest BCUT2D eigenvalue weighted by Gasteiger charge is 2.12. The minimum Gasteiger partial charge on any atom is -0.378 e. The lowest BCUT2D eigenvalue weighted by Gasteiger charge is -2.11. The topological polar surface area (TPSA) is 85.3 Å². The number of nitro groups is 1. The number of nitrogens with zero attached hydrogens (tertiary/aromatic N) is 4. The molecule has 0 aliphatic rings. The van der Waals surface area contributed by atoms with Gasteiger partial charge in [-0.3, -0.25) is 10.1 Å². The lowest BCUT2D eigenvalue weighted by atomic mass is 10.2. The lowest BCUT2D eigenvalue weighted by Crippen LogP contribution is -2.07. The number of anilines is 1. The van der Waals surface area contributed by atoms with E-state index in [2.05, 4.69) is 10.1 Å². The van der Waals surface area contributed by atoms with Gasteiger partial charge in [0.05, 0.1) is 4.92 Å². The number of benzene rings is 2. The standard InChI is InChI=1S/C16H14N4O3/c1-19(2)13-7-3-11(4-8-13)15-17-16(23-18-15)12-5-9-14(10-6-12)20(21)22/h3-10H,1-2H3. The fraction of sp³-hybridized carbons (Fsp3) is 0.125. The van der Waals surface area contributed by atoms with Crippen LogP contribution in [0, 0.1) is 10.1 Å². The van der Waals surface area contributed by atoms with Gasteiger partial charge in [0, 0.05) is 43.0 Å². The molecule has 3 aromatic rings. The molecule has 0 spiro atoms. The minimum absolute atomic E-state index is 0.0211. The molecule has 0 aliphatic carbocycles. The van der Waals surface area contributed by atoms with E-state index in [0.717, 1.165) is 11.3 Å². The molecule has 0 N–H and O–H groups in total. The maximum Gasteiger partial charge on any atom is 0.269 e. The maximum atomic E-state index is 10.7. The number of aromatic nitrogens is 2. The molecule has 7 heteroatoms. The minimum atomic E-state index is -0.449. The molecular formula is C16H14N4O3. The summed E-state index contributed by atoms with van der Waals surface area (Å²) in [7, 11) is 3.94. The van der Waals surface area contributed by atoms with Crippen molar-refractivity contribution in [3.05, 3.63) is 58.6 Å². The van der Waals surface area contributed by atoms with E-state index in [9.17, 15) is 10.1 Å². The molecule has 0 saturated carbocycles. The van der Waals surface area contributed by atoms with Crippen LogP contribution in [0.15, 0.2) is 53.1 Å². The summed E-state index contributed by atoms with van der Waals surface area (Å²) in [4.78, 5) is 16.6. The zero-order valence-corrected chi connectivity index (χ0v) is 12.6. The first-order valence-electron chi connectivity index (χ1n) is 6.91. The van der Waals surface area contributed by atoms with Crippen molar-refractivity contribution in [1.82, 2.24) is 10.1 Å². The van der Waals surface area contributed by atoms with Gasteiger partial charge in [0.2, 0.25) is 5.82 Å². The van der Waals surface area contributed by atoms with Crippen LogP contribution in [0.5, 0.6) is 0 Å². The number of hydrogen-bond acceptors (Lipinski definition) is 6. The maximum absolute atomic E-state index is 10.7. The molecule has 116 valence electrons. The third kappa shape index (κ3) is 3.03. The first-order valence-corrected chi connectivity index (χ1v) is 6.91. The van der Waals surface area contributed by atoms with Crippen molar-refractivity contribution in [2.75, 3.05) is 19.0 Å². The normalized spacial score (nSPS) is 10.5. The van der Waals surface area contributed by atoms with Gasteiger partial charge in [-0.25, -0.2) is 0 Å². The Bertz CT molecular complexity index is 823. The van der Waals surface area contributed by atoms with Crippen LogP contribution in [0.25, 0.3) is 22.8 Å². The summed E-state index contributed by atoms with van der Waals surface area (Å²) in [6.07, 6.45) is 0. The van der Waals surface area contributed by atoms with Gasteiger partial charge in [-0.1, -0.05) is 5.16 Å². The molecule has 0 unspecified atom stereocenters. The average molecular weight is 310 g/mol. The van der Waals surface area contributed by atoms with Gasteiger partial charge in [0.15, 0.2) is 0 Å².